The third-order valence-corrected chi connectivity index (χ3v) is 10.0. The van der Waals surface area contributed by atoms with Gasteiger partial charge in [0.15, 0.2) is 6.61 Å². The molecule has 5 aromatic carbocycles. The molecule has 64 heavy (non-hydrogen) atoms. The first-order chi connectivity index (χ1) is 31.1. The Hall–Kier alpha value is -7.98. The Morgan fingerprint density at radius 2 is 1.28 bits per heavy atom. The van der Waals surface area contributed by atoms with E-state index in [2.05, 4.69) is 5.32 Å². The Morgan fingerprint density at radius 3 is 1.94 bits per heavy atom. The number of rotatable bonds is 21. The number of hydrogen-bond acceptors (Lipinski definition) is 14. The fourth-order valence-corrected chi connectivity index (χ4v) is 6.80. The number of nitrogens with one attached hydrogen (secondary N) is 1. The van der Waals surface area contributed by atoms with Crippen molar-refractivity contribution in [1.82, 2.24) is 10.3 Å². The molecule has 0 saturated carbocycles. The maximum absolute atomic E-state index is 14.0. The SMILES string of the molecule is N/C1=C(\N(N)CCCCC(=O)Oc2ccc(COC=O)cc2)c2ccccc2N(C(=O)CCNC(=O)COc2ccc(C(=O)Oc3ccc(COC=O)cc3)cc2)Cc2ccccc21. The zero-order valence-corrected chi connectivity index (χ0v) is 34.8. The normalized spacial score (nSPS) is 12.9. The van der Waals surface area contributed by atoms with E-state index in [1.165, 1.54) is 24.3 Å². The number of esters is 2. The lowest BCUT2D eigenvalue weighted by atomic mass is 9.95. The van der Waals surface area contributed by atoms with E-state index in [9.17, 15) is 28.8 Å². The number of para-hydroxylation sites is 1. The lowest BCUT2D eigenvalue weighted by Crippen LogP contribution is -2.38. The third-order valence-electron chi connectivity index (χ3n) is 10.0. The number of unbranched alkanes of at least 4 members (excludes halogenated alkanes) is 1. The summed E-state index contributed by atoms with van der Waals surface area (Å²) in [6, 6.07) is 34.2. The molecule has 330 valence electrons. The quantitative estimate of drug-likeness (QED) is 0.0210. The van der Waals surface area contributed by atoms with Gasteiger partial charge in [0.1, 0.15) is 30.5 Å². The Balaban J connectivity index is 1.01. The van der Waals surface area contributed by atoms with Crippen LogP contribution in [0.5, 0.6) is 17.2 Å². The first-order valence-electron chi connectivity index (χ1n) is 20.3. The fraction of sp³-hybridized carbons (Fsp3) is 0.208. The van der Waals surface area contributed by atoms with E-state index in [-0.39, 0.29) is 57.2 Å². The average Bonchev–Trinajstić information content (AvgIpc) is 3.31. The molecule has 16 heteroatoms. The van der Waals surface area contributed by atoms with Gasteiger partial charge in [0, 0.05) is 37.1 Å². The summed E-state index contributed by atoms with van der Waals surface area (Å²) in [4.78, 5) is 74.5. The van der Waals surface area contributed by atoms with Crippen molar-refractivity contribution in [2.45, 2.75) is 45.4 Å². The van der Waals surface area contributed by atoms with Gasteiger partial charge in [-0.1, -0.05) is 66.7 Å². The van der Waals surface area contributed by atoms with E-state index in [0.717, 1.165) is 22.3 Å². The highest BCUT2D eigenvalue weighted by molar-refractivity contribution is 6.01. The van der Waals surface area contributed by atoms with E-state index >= 15 is 0 Å². The summed E-state index contributed by atoms with van der Waals surface area (Å²) in [5, 5.41) is 4.28. The number of fused-ring (bicyclic) bond motifs is 2. The second-order valence-electron chi connectivity index (χ2n) is 14.4. The van der Waals surface area contributed by atoms with Crippen LogP contribution in [0.15, 0.2) is 121 Å². The molecule has 6 rings (SSSR count). The zero-order chi connectivity index (χ0) is 45.3. The first-order valence-corrected chi connectivity index (χ1v) is 20.3. The predicted octanol–water partition coefficient (Wildman–Crippen LogP) is 5.42. The van der Waals surface area contributed by atoms with Crippen molar-refractivity contribution in [3.63, 3.8) is 0 Å². The molecule has 0 atom stereocenters. The minimum atomic E-state index is -0.592. The van der Waals surface area contributed by atoms with Crippen molar-refractivity contribution in [3.05, 3.63) is 155 Å². The molecular weight excluding hydrogens is 823 g/mol. The van der Waals surface area contributed by atoms with Gasteiger partial charge in [0.2, 0.25) is 5.91 Å². The van der Waals surface area contributed by atoms with Crippen molar-refractivity contribution in [3.8, 4) is 17.2 Å². The highest BCUT2D eigenvalue weighted by Gasteiger charge is 2.28. The Bertz CT molecular complexity index is 2460. The van der Waals surface area contributed by atoms with E-state index in [1.54, 1.807) is 58.4 Å². The Morgan fingerprint density at radius 1 is 0.688 bits per heavy atom. The summed E-state index contributed by atoms with van der Waals surface area (Å²) < 4.78 is 25.9. The van der Waals surface area contributed by atoms with Crippen LogP contribution >= 0.6 is 0 Å². The molecule has 1 heterocycles. The highest BCUT2D eigenvalue weighted by Crippen LogP contribution is 2.37. The number of benzene rings is 5. The molecule has 0 aromatic heterocycles. The second kappa shape index (κ2) is 22.7. The molecule has 0 unspecified atom stereocenters. The molecule has 0 fully saturated rings. The van der Waals surface area contributed by atoms with Crippen LogP contribution in [0.2, 0.25) is 0 Å². The smallest absolute Gasteiger partial charge is 0.343 e. The van der Waals surface area contributed by atoms with E-state index in [4.69, 9.17) is 35.3 Å². The minimum Gasteiger partial charge on any atom is -0.484 e. The third kappa shape index (κ3) is 12.5. The number of hydrazine groups is 1. The minimum absolute atomic E-state index is 0.0238. The molecule has 0 bridgehead atoms. The highest BCUT2D eigenvalue weighted by atomic mass is 16.5. The maximum atomic E-state index is 14.0. The number of ether oxygens (including phenoxy) is 5. The monoisotopic (exact) mass is 869 g/mol. The van der Waals surface area contributed by atoms with Crippen LogP contribution in [-0.4, -0.2) is 61.4 Å². The molecule has 5 N–H and O–H groups in total. The number of nitrogens with two attached hydrogens (primary N) is 2. The van der Waals surface area contributed by atoms with Gasteiger partial charge in [-0.05, 0) is 84.1 Å². The van der Waals surface area contributed by atoms with Gasteiger partial charge in [-0.3, -0.25) is 24.0 Å². The van der Waals surface area contributed by atoms with Crippen LogP contribution in [-0.2, 0) is 53.2 Å². The van der Waals surface area contributed by atoms with Gasteiger partial charge < -0.3 is 44.6 Å². The number of carbonyl (C=O) groups excluding carboxylic acids is 6. The van der Waals surface area contributed by atoms with E-state index in [1.807, 2.05) is 48.5 Å². The molecule has 2 amide bonds. The molecule has 1 aliphatic heterocycles. The number of nitrogens with zero attached hydrogens (tertiary/aromatic N) is 2. The summed E-state index contributed by atoms with van der Waals surface area (Å²) in [5.74, 6) is 6.09. The molecule has 5 aromatic rings. The van der Waals surface area contributed by atoms with Crippen molar-refractivity contribution in [2.75, 3.05) is 24.6 Å². The van der Waals surface area contributed by atoms with Gasteiger partial charge in [0.25, 0.3) is 18.9 Å². The Kier molecular flexibility index (Phi) is 16.2. The van der Waals surface area contributed by atoms with Crippen LogP contribution in [0.3, 0.4) is 0 Å². The van der Waals surface area contributed by atoms with Crippen LogP contribution in [0.4, 0.5) is 5.69 Å². The lowest BCUT2D eigenvalue weighted by molar-refractivity contribution is -0.134. The molecule has 0 spiro atoms. The van der Waals surface area contributed by atoms with Crippen molar-refractivity contribution in [2.24, 2.45) is 11.6 Å². The number of anilines is 1. The summed E-state index contributed by atoms with van der Waals surface area (Å²) >= 11 is 0. The second-order valence-corrected chi connectivity index (χ2v) is 14.4. The number of hydrogen-bond donors (Lipinski definition) is 3. The van der Waals surface area contributed by atoms with Crippen LogP contribution in [0.1, 0.15) is 63.9 Å². The molecule has 0 aliphatic carbocycles. The molecule has 16 nitrogen and oxygen atoms in total. The van der Waals surface area contributed by atoms with Crippen LogP contribution < -0.4 is 36.0 Å². The van der Waals surface area contributed by atoms with Crippen LogP contribution in [0.25, 0.3) is 11.4 Å². The summed E-state index contributed by atoms with van der Waals surface area (Å²) in [6.07, 6.45) is 1.13. The summed E-state index contributed by atoms with van der Waals surface area (Å²) in [6.45, 7) is 1.22. The van der Waals surface area contributed by atoms with E-state index in [0.29, 0.717) is 72.2 Å². The topological polar surface area (TPSA) is 219 Å². The average molecular weight is 870 g/mol. The number of amides is 2. The zero-order valence-electron chi connectivity index (χ0n) is 34.8. The molecule has 0 saturated heterocycles. The molecule has 1 aliphatic rings. The number of carbonyl (C=O) groups is 6. The van der Waals surface area contributed by atoms with Crippen LogP contribution in [0, 0.1) is 0 Å². The van der Waals surface area contributed by atoms with Gasteiger partial charge in [-0.2, -0.15) is 0 Å². The van der Waals surface area contributed by atoms with Crippen molar-refractivity contribution < 1.29 is 52.5 Å². The van der Waals surface area contributed by atoms with Crippen molar-refractivity contribution in [1.29, 1.82) is 0 Å². The van der Waals surface area contributed by atoms with Gasteiger partial charge >= 0.3 is 11.9 Å². The largest absolute Gasteiger partial charge is 0.484 e. The van der Waals surface area contributed by atoms with Gasteiger partial charge in [-0.25, -0.2) is 10.6 Å². The molecular formula is C48H47N5O11. The predicted molar refractivity (Wildman–Crippen MR) is 235 cm³/mol. The molecule has 0 radical (unpaired) electrons. The van der Waals surface area contributed by atoms with Gasteiger partial charge in [-0.15, -0.1) is 0 Å². The maximum Gasteiger partial charge on any atom is 0.343 e. The van der Waals surface area contributed by atoms with Crippen molar-refractivity contribution >= 4 is 53.8 Å². The first kappa shape index (κ1) is 45.5. The Labute approximate surface area is 369 Å². The fourth-order valence-electron chi connectivity index (χ4n) is 6.80. The van der Waals surface area contributed by atoms with E-state index < -0.39 is 17.8 Å². The summed E-state index contributed by atoms with van der Waals surface area (Å²) in [7, 11) is 0. The lowest BCUT2D eigenvalue weighted by Gasteiger charge is -2.33. The summed E-state index contributed by atoms with van der Waals surface area (Å²) in [5.41, 5.74) is 12.4. The van der Waals surface area contributed by atoms with Gasteiger partial charge in [0.05, 0.1) is 29.2 Å². The standard InChI is InChI=1S/C48H47N5O11/c49-46-40-8-2-1-7-36(40)27-52(42-10-4-3-9-41(42)47(46)53(50)26-6-5-11-45(58)63-38-18-12-33(13-19-38)28-60-31-54)44(57)24-25-51-43(56)30-62-37-22-16-35(17-23-37)48(59)64-39-20-14-34(15-21-39)29-61-32-55/h1-4,7-10,12-23,31-32H,5-6,11,24-30,49-50H2,(H,51,56)/b47-46-.